The molecule has 228 valence electrons. The third-order valence-corrected chi connectivity index (χ3v) is 7.72. The topological polar surface area (TPSA) is 114 Å². The van der Waals surface area contributed by atoms with E-state index in [9.17, 15) is 19.2 Å². The number of hydrogen-bond donors (Lipinski definition) is 0. The van der Waals surface area contributed by atoms with Crippen molar-refractivity contribution in [1.82, 2.24) is 0 Å². The predicted molar refractivity (Wildman–Crippen MR) is 165 cm³/mol. The highest BCUT2D eigenvalue weighted by Gasteiger charge is 2.27. The lowest BCUT2D eigenvalue weighted by molar-refractivity contribution is -0.144. The molecule has 3 aromatic carbocycles. The van der Waals surface area contributed by atoms with E-state index >= 15 is 0 Å². The fourth-order valence-corrected chi connectivity index (χ4v) is 5.36. The molecule has 0 radical (unpaired) electrons. The van der Waals surface area contributed by atoms with Crippen molar-refractivity contribution in [2.24, 2.45) is 0 Å². The van der Waals surface area contributed by atoms with Crippen molar-refractivity contribution in [2.45, 2.75) is 30.6 Å². The second-order valence-electron chi connectivity index (χ2n) is 9.77. The van der Waals surface area contributed by atoms with Crippen LogP contribution in [0.3, 0.4) is 0 Å². The molecule has 0 aromatic heterocycles. The normalized spacial score (nSPS) is 12.7. The number of fused-ring (bicyclic) bond motifs is 3. The highest BCUT2D eigenvalue weighted by atomic mass is 32.2. The molecular formula is C34H32O9S. The Morgan fingerprint density at radius 3 is 2.25 bits per heavy atom. The van der Waals surface area contributed by atoms with E-state index in [1.54, 1.807) is 24.3 Å². The van der Waals surface area contributed by atoms with E-state index < -0.39 is 17.9 Å². The summed E-state index contributed by atoms with van der Waals surface area (Å²) in [7, 11) is 1.23. The minimum atomic E-state index is -0.651. The lowest BCUT2D eigenvalue weighted by Crippen LogP contribution is -2.13. The van der Waals surface area contributed by atoms with Crippen LogP contribution in [0.5, 0.6) is 11.5 Å². The third-order valence-electron chi connectivity index (χ3n) is 6.81. The molecule has 1 aliphatic carbocycles. The van der Waals surface area contributed by atoms with Crippen LogP contribution >= 0.6 is 11.8 Å². The number of thioether (sulfide) groups is 1. The molecule has 0 aliphatic heterocycles. The van der Waals surface area contributed by atoms with Gasteiger partial charge in [-0.2, -0.15) is 0 Å². The molecule has 0 amide bonds. The van der Waals surface area contributed by atoms with Crippen LogP contribution in [0.25, 0.3) is 11.1 Å². The fraction of sp³-hybridized carbons (Fsp3) is 0.235. The quantitative estimate of drug-likeness (QED) is 0.0514. The van der Waals surface area contributed by atoms with Crippen LogP contribution in [0.4, 0.5) is 0 Å². The van der Waals surface area contributed by atoms with Crippen LogP contribution in [-0.4, -0.2) is 50.0 Å². The van der Waals surface area contributed by atoms with Gasteiger partial charge in [-0.15, -0.1) is 0 Å². The summed E-state index contributed by atoms with van der Waals surface area (Å²) in [6.07, 6.45) is 1.29. The predicted octanol–water partition coefficient (Wildman–Crippen LogP) is 6.25. The number of rotatable bonds is 14. The molecule has 1 unspecified atom stereocenters. The Bertz CT molecular complexity index is 1580. The third kappa shape index (κ3) is 8.17. The molecular weight excluding hydrogens is 584 g/mol. The molecule has 44 heavy (non-hydrogen) atoms. The molecule has 0 saturated carbocycles. The van der Waals surface area contributed by atoms with E-state index in [1.165, 1.54) is 7.11 Å². The van der Waals surface area contributed by atoms with Crippen LogP contribution in [-0.2, 0) is 28.6 Å². The Morgan fingerprint density at radius 1 is 0.864 bits per heavy atom. The van der Waals surface area contributed by atoms with E-state index in [-0.39, 0.29) is 36.2 Å². The first-order valence-corrected chi connectivity index (χ1v) is 14.6. The van der Waals surface area contributed by atoms with Crippen LogP contribution < -0.4 is 9.47 Å². The van der Waals surface area contributed by atoms with Gasteiger partial charge < -0.3 is 23.7 Å². The van der Waals surface area contributed by atoms with Gasteiger partial charge in [-0.05, 0) is 82.5 Å². The Morgan fingerprint density at radius 2 is 1.55 bits per heavy atom. The van der Waals surface area contributed by atoms with Crippen molar-refractivity contribution < 1.29 is 42.9 Å². The average molecular weight is 617 g/mol. The summed E-state index contributed by atoms with van der Waals surface area (Å²) >= 11 is 1.15. The first kappa shape index (κ1) is 32.1. The standard InChI is InChI=1S/C34H32O9S/c1-5-40-32(36)20-43-25-11-13-27-28-14-12-26(19-30(28)22(3)29(27)18-25)44-34(38)23-7-9-24(10-8-23)41-15-6-16-42-33(37)21(2)17-31(35)39-4/h5,7-14,18-19,22H,1-2,6,15-17,20H2,3-4H3. The molecule has 1 aliphatic rings. The first-order chi connectivity index (χ1) is 21.2. The fourth-order valence-electron chi connectivity index (χ4n) is 4.57. The summed E-state index contributed by atoms with van der Waals surface area (Å²) in [6, 6.07) is 18.6. The summed E-state index contributed by atoms with van der Waals surface area (Å²) in [5.41, 5.74) is 4.96. The number of hydrogen-bond acceptors (Lipinski definition) is 10. The van der Waals surface area contributed by atoms with Gasteiger partial charge in [0.05, 0.1) is 33.0 Å². The molecule has 0 N–H and O–H groups in total. The number of methoxy groups -OCH3 is 1. The van der Waals surface area contributed by atoms with Crippen molar-refractivity contribution in [3.63, 3.8) is 0 Å². The molecule has 0 spiro atoms. The largest absolute Gasteiger partial charge is 0.493 e. The smallest absolute Gasteiger partial charge is 0.348 e. The maximum Gasteiger partial charge on any atom is 0.348 e. The van der Waals surface area contributed by atoms with Crippen LogP contribution in [0, 0.1) is 0 Å². The van der Waals surface area contributed by atoms with Crippen LogP contribution in [0.15, 0.2) is 90.6 Å². The minimum absolute atomic E-state index is 0.0287. The van der Waals surface area contributed by atoms with Gasteiger partial charge in [-0.1, -0.05) is 32.2 Å². The van der Waals surface area contributed by atoms with E-state index in [0.717, 1.165) is 45.2 Å². The zero-order valence-corrected chi connectivity index (χ0v) is 25.3. The first-order valence-electron chi connectivity index (χ1n) is 13.8. The van der Waals surface area contributed by atoms with Gasteiger partial charge in [0.2, 0.25) is 5.12 Å². The van der Waals surface area contributed by atoms with Gasteiger partial charge in [-0.25, -0.2) is 9.59 Å². The molecule has 0 bridgehead atoms. The Balaban J connectivity index is 1.26. The summed E-state index contributed by atoms with van der Waals surface area (Å²) < 4.78 is 25.5. The lowest BCUT2D eigenvalue weighted by atomic mass is 9.99. The van der Waals surface area contributed by atoms with Crippen molar-refractivity contribution in [3.8, 4) is 22.6 Å². The molecule has 9 nitrogen and oxygen atoms in total. The molecule has 0 fully saturated rings. The maximum atomic E-state index is 13.0. The van der Waals surface area contributed by atoms with Crippen molar-refractivity contribution in [2.75, 3.05) is 26.9 Å². The zero-order valence-electron chi connectivity index (χ0n) is 24.5. The van der Waals surface area contributed by atoms with E-state index in [0.29, 0.717) is 30.1 Å². The molecule has 10 heteroatoms. The number of carbonyl (C=O) groups excluding carboxylic acids is 4. The van der Waals surface area contributed by atoms with Crippen molar-refractivity contribution in [1.29, 1.82) is 0 Å². The highest BCUT2D eigenvalue weighted by molar-refractivity contribution is 8.14. The lowest BCUT2D eigenvalue weighted by Gasteiger charge is -2.10. The summed E-state index contributed by atoms with van der Waals surface area (Å²) in [5, 5.41) is -0.0964. The Hall–Kier alpha value is -4.83. The minimum Gasteiger partial charge on any atom is -0.493 e. The average Bonchev–Trinajstić information content (AvgIpc) is 3.30. The Labute approximate surface area is 259 Å². The molecule has 3 aromatic rings. The van der Waals surface area contributed by atoms with Gasteiger partial charge in [-0.3, -0.25) is 9.59 Å². The van der Waals surface area contributed by atoms with Gasteiger partial charge >= 0.3 is 17.9 Å². The van der Waals surface area contributed by atoms with E-state index in [1.807, 2.05) is 36.4 Å². The maximum absolute atomic E-state index is 13.0. The zero-order chi connectivity index (χ0) is 31.6. The monoisotopic (exact) mass is 616 g/mol. The number of carbonyl (C=O) groups is 4. The van der Waals surface area contributed by atoms with Gasteiger partial charge in [0.25, 0.3) is 0 Å². The second-order valence-corrected chi connectivity index (χ2v) is 10.8. The van der Waals surface area contributed by atoms with E-state index in [2.05, 4.69) is 24.8 Å². The summed E-state index contributed by atoms with van der Waals surface area (Å²) in [4.78, 5) is 48.5. The summed E-state index contributed by atoms with van der Waals surface area (Å²) in [5.74, 6) is -0.498. The second kappa shape index (κ2) is 15.1. The van der Waals surface area contributed by atoms with E-state index in [4.69, 9.17) is 18.9 Å². The van der Waals surface area contributed by atoms with Gasteiger partial charge in [0.1, 0.15) is 11.5 Å². The SMILES string of the molecule is C=COC(=O)COc1ccc2c(c1)C(C)c1cc(SC(=O)c3ccc(OCCCOC(=O)C(=C)CC(=O)OC)cc3)ccc1-2. The highest BCUT2D eigenvalue weighted by Crippen LogP contribution is 2.47. The van der Waals surface area contributed by atoms with Crippen LogP contribution in [0.1, 0.15) is 47.2 Å². The molecule has 0 saturated heterocycles. The van der Waals surface area contributed by atoms with Crippen molar-refractivity contribution in [3.05, 3.63) is 102 Å². The summed E-state index contributed by atoms with van der Waals surface area (Å²) in [6.45, 7) is 9.18. The van der Waals surface area contributed by atoms with Gasteiger partial charge in [0.15, 0.2) is 6.61 Å². The number of ether oxygens (including phenoxy) is 5. The number of esters is 3. The Kier molecular flexibility index (Phi) is 11.0. The molecule has 4 rings (SSSR count). The van der Waals surface area contributed by atoms with Crippen LogP contribution in [0.2, 0.25) is 0 Å². The molecule has 1 atom stereocenters. The molecule has 0 heterocycles. The number of benzene rings is 3. The van der Waals surface area contributed by atoms with Gasteiger partial charge in [0, 0.05) is 28.4 Å². The van der Waals surface area contributed by atoms with Crippen molar-refractivity contribution >= 4 is 34.8 Å².